The molecule has 0 aliphatic heterocycles. The summed E-state index contributed by atoms with van der Waals surface area (Å²) >= 11 is 0. The van der Waals surface area contributed by atoms with Crippen molar-refractivity contribution in [2.75, 3.05) is 13.7 Å². The number of hydrogen-bond acceptors (Lipinski definition) is 4. The average molecular weight is 396 g/mol. The van der Waals surface area contributed by atoms with Crippen LogP contribution in [0.1, 0.15) is 24.3 Å². The number of carbonyl (C=O) groups is 1. The molecule has 1 aliphatic rings. The Labute approximate surface area is 159 Å². The normalized spacial score (nSPS) is 19.0. The molecular formula is C20H19F3O5. The summed E-state index contributed by atoms with van der Waals surface area (Å²) in [7, 11) is 1.45. The van der Waals surface area contributed by atoms with Gasteiger partial charge in [0, 0.05) is 5.56 Å². The first-order valence-electron chi connectivity index (χ1n) is 8.62. The fourth-order valence-electron chi connectivity index (χ4n) is 3.21. The number of aliphatic carboxylic acids is 1. The van der Waals surface area contributed by atoms with E-state index in [9.17, 15) is 18.0 Å². The molecule has 0 radical (unpaired) electrons. The third kappa shape index (κ3) is 4.95. The number of alkyl halides is 3. The van der Waals surface area contributed by atoms with Crippen molar-refractivity contribution in [3.63, 3.8) is 0 Å². The number of halogens is 3. The third-order valence-corrected chi connectivity index (χ3v) is 4.63. The van der Waals surface area contributed by atoms with Crippen LogP contribution < -0.4 is 9.47 Å². The molecule has 1 aliphatic carbocycles. The fourth-order valence-corrected chi connectivity index (χ4v) is 3.21. The van der Waals surface area contributed by atoms with Crippen molar-refractivity contribution in [3.05, 3.63) is 48.0 Å². The smallest absolute Gasteiger partial charge is 0.496 e. The summed E-state index contributed by atoms with van der Waals surface area (Å²) in [4.78, 5) is 10.5. The molecule has 8 heteroatoms. The summed E-state index contributed by atoms with van der Waals surface area (Å²) < 4.78 is 51.9. The van der Waals surface area contributed by atoms with Gasteiger partial charge in [0.1, 0.15) is 18.1 Å². The standard InChI is InChI=1S/C20H19F3O5/c1-26-18-7-6-15(28-20(21,22)23)10-17(18)13-4-2-12(3-5-13)14-8-16(9-14)27-11-19(24)25/h2-7,10,14,16H,8-9,11H2,1H3,(H,24,25)/t14-,16+. The number of carboxylic acids is 1. The van der Waals surface area contributed by atoms with Crippen molar-refractivity contribution in [3.8, 4) is 22.6 Å². The van der Waals surface area contributed by atoms with Crippen LogP contribution in [0.2, 0.25) is 0 Å². The van der Waals surface area contributed by atoms with Gasteiger partial charge in [0.05, 0.1) is 13.2 Å². The SMILES string of the molecule is COc1ccc(OC(F)(F)F)cc1-c1ccc([C@H]2C[C@@H](OCC(=O)O)C2)cc1. The summed E-state index contributed by atoms with van der Waals surface area (Å²) in [6.07, 6.45) is -3.34. The van der Waals surface area contributed by atoms with Crippen LogP contribution in [0.5, 0.6) is 11.5 Å². The van der Waals surface area contributed by atoms with Crippen LogP contribution in [0.15, 0.2) is 42.5 Å². The van der Waals surface area contributed by atoms with Gasteiger partial charge in [-0.2, -0.15) is 0 Å². The minimum Gasteiger partial charge on any atom is -0.496 e. The second kappa shape index (κ2) is 8.10. The number of benzene rings is 2. The molecule has 1 fully saturated rings. The second-order valence-corrected chi connectivity index (χ2v) is 6.53. The lowest BCUT2D eigenvalue weighted by atomic mass is 9.77. The van der Waals surface area contributed by atoms with E-state index in [4.69, 9.17) is 14.6 Å². The zero-order chi connectivity index (χ0) is 20.3. The third-order valence-electron chi connectivity index (χ3n) is 4.63. The fraction of sp³-hybridized carbons (Fsp3) is 0.350. The highest BCUT2D eigenvalue weighted by molar-refractivity contribution is 5.72. The zero-order valence-electron chi connectivity index (χ0n) is 15.0. The van der Waals surface area contributed by atoms with Gasteiger partial charge in [-0.15, -0.1) is 13.2 Å². The molecular weight excluding hydrogens is 377 g/mol. The van der Waals surface area contributed by atoms with Gasteiger partial charge >= 0.3 is 12.3 Å². The van der Waals surface area contributed by atoms with Gasteiger partial charge in [-0.3, -0.25) is 0 Å². The molecule has 0 spiro atoms. The van der Waals surface area contributed by atoms with Gasteiger partial charge in [0.15, 0.2) is 0 Å². The molecule has 0 saturated heterocycles. The molecule has 28 heavy (non-hydrogen) atoms. The first-order valence-corrected chi connectivity index (χ1v) is 8.62. The van der Waals surface area contributed by atoms with E-state index in [0.717, 1.165) is 18.4 Å². The van der Waals surface area contributed by atoms with Crippen LogP contribution in [0, 0.1) is 0 Å². The molecule has 3 rings (SSSR count). The van der Waals surface area contributed by atoms with Crippen LogP contribution in [-0.4, -0.2) is 37.3 Å². The average Bonchev–Trinajstić information content (AvgIpc) is 2.59. The molecule has 0 atom stereocenters. The van der Waals surface area contributed by atoms with Crippen molar-refractivity contribution < 1.29 is 37.3 Å². The predicted molar refractivity (Wildman–Crippen MR) is 94.5 cm³/mol. The molecule has 150 valence electrons. The Morgan fingerprint density at radius 2 is 1.82 bits per heavy atom. The van der Waals surface area contributed by atoms with E-state index in [1.165, 1.54) is 25.3 Å². The molecule has 2 aromatic carbocycles. The van der Waals surface area contributed by atoms with Gasteiger partial charge in [-0.25, -0.2) is 4.79 Å². The number of ether oxygens (including phenoxy) is 3. The van der Waals surface area contributed by atoms with E-state index in [0.29, 0.717) is 16.9 Å². The number of methoxy groups -OCH3 is 1. The monoisotopic (exact) mass is 396 g/mol. The van der Waals surface area contributed by atoms with Crippen LogP contribution in [0.25, 0.3) is 11.1 Å². The molecule has 0 aromatic heterocycles. The van der Waals surface area contributed by atoms with E-state index < -0.39 is 12.3 Å². The van der Waals surface area contributed by atoms with E-state index in [1.54, 1.807) is 0 Å². The summed E-state index contributed by atoms with van der Waals surface area (Å²) in [5.74, 6) is -0.592. The van der Waals surface area contributed by atoms with E-state index in [-0.39, 0.29) is 24.4 Å². The Hall–Kier alpha value is -2.74. The van der Waals surface area contributed by atoms with Crippen LogP contribution >= 0.6 is 0 Å². The lowest BCUT2D eigenvalue weighted by Crippen LogP contribution is -2.31. The zero-order valence-corrected chi connectivity index (χ0v) is 15.0. The Morgan fingerprint density at radius 1 is 1.14 bits per heavy atom. The predicted octanol–water partition coefficient (Wildman–Crippen LogP) is 4.61. The summed E-state index contributed by atoms with van der Waals surface area (Å²) in [6.45, 7) is -0.299. The van der Waals surface area contributed by atoms with E-state index in [1.807, 2.05) is 24.3 Å². The van der Waals surface area contributed by atoms with Crippen molar-refractivity contribution in [1.29, 1.82) is 0 Å². The molecule has 0 heterocycles. The quantitative estimate of drug-likeness (QED) is 0.741. The van der Waals surface area contributed by atoms with Crippen molar-refractivity contribution in [2.24, 2.45) is 0 Å². The maximum absolute atomic E-state index is 12.5. The largest absolute Gasteiger partial charge is 0.573 e. The number of hydrogen-bond donors (Lipinski definition) is 1. The molecule has 5 nitrogen and oxygen atoms in total. The molecule has 2 aromatic rings. The molecule has 1 N–H and O–H groups in total. The molecule has 0 unspecified atom stereocenters. The van der Waals surface area contributed by atoms with Crippen LogP contribution in [-0.2, 0) is 9.53 Å². The highest BCUT2D eigenvalue weighted by Crippen LogP contribution is 2.40. The maximum Gasteiger partial charge on any atom is 0.573 e. The topological polar surface area (TPSA) is 65.0 Å². The number of carboxylic acid groups (broad SMARTS) is 1. The minimum atomic E-state index is -4.76. The summed E-state index contributed by atoms with van der Waals surface area (Å²) in [5.41, 5.74) is 2.26. The van der Waals surface area contributed by atoms with E-state index >= 15 is 0 Å². The van der Waals surface area contributed by atoms with Crippen molar-refractivity contribution >= 4 is 5.97 Å². The van der Waals surface area contributed by atoms with Gasteiger partial charge < -0.3 is 19.3 Å². The van der Waals surface area contributed by atoms with Gasteiger partial charge in [0.2, 0.25) is 0 Å². The lowest BCUT2D eigenvalue weighted by molar-refractivity contribution is -0.274. The summed E-state index contributed by atoms with van der Waals surface area (Å²) in [5, 5.41) is 8.62. The van der Waals surface area contributed by atoms with Crippen molar-refractivity contribution in [2.45, 2.75) is 31.2 Å². The molecule has 0 bridgehead atoms. The highest BCUT2D eigenvalue weighted by Gasteiger charge is 2.32. The van der Waals surface area contributed by atoms with Crippen LogP contribution in [0.3, 0.4) is 0 Å². The van der Waals surface area contributed by atoms with Gasteiger partial charge in [-0.05, 0) is 48.1 Å². The summed E-state index contributed by atoms with van der Waals surface area (Å²) in [6, 6.07) is 11.4. The van der Waals surface area contributed by atoms with Gasteiger partial charge in [0.25, 0.3) is 0 Å². The Balaban J connectivity index is 1.71. The molecule has 0 amide bonds. The lowest BCUT2D eigenvalue weighted by Gasteiger charge is -2.35. The Kier molecular flexibility index (Phi) is 5.79. The maximum atomic E-state index is 12.5. The first-order chi connectivity index (χ1) is 13.2. The van der Waals surface area contributed by atoms with Gasteiger partial charge in [-0.1, -0.05) is 24.3 Å². The van der Waals surface area contributed by atoms with Crippen LogP contribution in [0.4, 0.5) is 13.2 Å². The minimum absolute atomic E-state index is 0.0583. The Morgan fingerprint density at radius 3 is 2.39 bits per heavy atom. The second-order valence-electron chi connectivity index (χ2n) is 6.53. The first kappa shape index (κ1) is 20.0. The highest BCUT2D eigenvalue weighted by atomic mass is 19.4. The van der Waals surface area contributed by atoms with E-state index in [2.05, 4.69) is 4.74 Å². The Bertz CT molecular complexity index is 827. The number of rotatable bonds is 7. The molecule has 1 saturated carbocycles. The van der Waals surface area contributed by atoms with Crippen molar-refractivity contribution in [1.82, 2.24) is 0 Å².